The summed E-state index contributed by atoms with van der Waals surface area (Å²) in [7, 11) is 3.93. The lowest BCUT2D eigenvalue weighted by Gasteiger charge is -2.18. The van der Waals surface area contributed by atoms with Gasteiger partial charge in [0.25, 0.3) is 0 Å². The SMILES string of the molecule is CN(C)CCNC(CO)c1cc(F)cc(Cl)c1. The van der Waals surface area contributed by atoms with E-state index in [1.165, 1.54) is 12.1 Å². The average Bonchev–Trinajstić information content (AvgIpc) is 2.22. The summed E-state index contributed by atoms with van der Waals surface area (Å²) in [6, 6.07) is 4.01. The first-order chi connectivity index (χ1) is 8.02. The van der Waals surface area contributed by atoms with Gasteiger partial charge in [0.1, 0.15) is 5.82 Å². The molecular formula is C12H18ClFN2O. The van der Waals surface area contributed by atoms with Crippen molar-refractivity contribution >= 4 is 11.6 Å². The lowest BCUT2D eigenvalue weighted by atomic mass is 10.1. The van der Waals surface area contributed by atoms with Crippen molar-refractivity contribution in [2.75, 3.05) is 33.8 Å². The van der Waals surface area contributed by atoms with Crippen molar-refractivity contribution in [1.82, 2.24) is 10.2 Å². The summed E-state index contributed by atoms with van der Waals surface area (Å²) in [5, 5.41) is 12.8. The van der Waals surface area contributed by atoms with Crippen LogP contribution in [-0.4, -0.2) is 43.8 Å². The minimum Gasteiger partial charge on any atom is -0.394 e. The molecule has 96 valence electrons. The number of aliphatic hydroxyl groups is 1. The van der Waals surface area contributed by atoms with Crippen molar-refractivity contribution in [3.63, 3.8) is 0 Å². The summed E-state index contributed by atoms with van der Waals surface area (Å²) < 4.78 is 13.2. The molecule has 17 heavy (non-hydrogen) atoms. The molecule has 1 unspecified atom stereocenters. The van der Waals surface area contributed by atoms with Crippen molar-refractivity contribution in [3.8, 4) is 0 Å². The fourth-order valence-corrected chi connectivity index (χ4v) is 1.76. The smallest absolute Gasteiger partial charge is 0.125 e. The predicted octanol–water partition coefficient (Wildman–Crippen LogP) is 1.66. The van der Waals surface area contributed by atoms with E-state index in [0.717, 1.165) is 6.54 Å². The van der Waals surface area contributed by atoms with E-state index in [1.54, 1.807) is 6.07 Å². The fraction of sp³-hybridized carbons (Fsp3) is 0.500. The molecule has 1 aromatic rings. The molecule has 0 radical (unpaired) electrons. The highest BCUT2D eigenvalue weighted by atomic mass is 35.5. The zero-order valence-corrected chi connectivity index (χ0v) is 10.8. The first kappa shape index (κ1) is 14.4. The molecule has 0 heterocycles. The molecule has 0 aliphatic carbocycles. The molecule has 0 saturated heterocycles. The highest BCUT2D eigenvalue weighted by molar-refractivity contribution is 6.30. The van der Waals surface area contributed by atoms with Crippen LogP contribution >= 0.6 is 11.6 Å². The summed E-state index contributed by atoms with van der Waals surface area (Å²) in [5.41, 5.74) is 0.663. The van der Waals surface area contributed by atoms with Gasteiger partial charge in [-0.2, -0.15) is 0 Å². The number of aliphatic hydroxyl groups excluding tert-OH is 1. The molecule has 0 bridgehead atoms. The van der Waals surface area contributed by atoms with E-state index in [1.807, 2.05) is 19.0 Å². The molecule has 0 aliphatic rings. The minimum atomic E-state index is -0.389. The van der Waals surface area contributed by atoms with E-state index in [0.29, 0.717) is 17.1 Å². The normalized spacial score (nSPS) is 13.1. The van der Waals surface area contributed by atoms with Crippen LogP contribution in [0.2, 0.25) is 5.02 Å². The standard InChI is InChI=1S/C12H18ClFN2O/c1-16(2)4-3-15-12(8-17)9-5-10(13)7-11(14)6-9/h5-7,12,15,17H,3-4,8H2,1-2H3. The topological polar surface area (TPSA) is 35.5 Å². The van der Waals surface area contributed by atoms with Gasteiger partial charge >= 0.3 is 0 Å². The molecule has 0 fully saturated rings. The highest BCUT2D eigenvalue weighted by Gasteiger charge is 2.11. The fourth-order valence-electron chi connectivity index (χ4n) is 1.53. The molecular weight excluding hydrogens is 243 g/mol. The van der Waals surface area contributed by atoms with Crippen molar-refractivity contribution in [1.29, 1.82) is 0 Å². The van der Waals surface area contributed by atoms with Gasteiger partial charge in [0.2, 0.25) is 0 Å². The number of rotatable bonds is 6. The Hall–Kier alpha value is -0.680. The van der Waals surface area contributed by atoms with Crippen LogP contribution in [0, 0.1) is 5.82 Å². The Morgan fingerprint density at radius 3 is 2.65 bits per heavy atom. The van der Waals surface area contributed by atoms with E-state index in [9.17, 15) is 9.50 Å². The van der Waals surface area contributed by atoms with Gasteiger partial charge in [-0.1, -0.05) is 11.6 Å². The summed E-state index contributed by atoms with van der Waals surface area (Å²) >= 11 is 5.78. The minimum absolute atomic E-state index is 0.0901. The summed E-state index contributed by atoms with van der Waals surface area (Å²) in [6.45, 7) is 1.47. The van der Waals surface area contributed by atoms with E-state index < -0.39 is 0 Å². The average molecular weight is 261 g/mol. The largest absolute Gasteiger partial charge is 0.394 e. The highest BCUT2D eigenvalue weighted by Crippen LogP contribution is 2.19. The molecule has 3 nitrogen and oxygen atoms in total. The second kappa shape index (κ2) is 6.91. The van der Waals surface area contributed by atoms with Crippen LogP contribution in [-0.2, 0) is 0 Å². The third-order valence-corrected chi connectivity index (χ3v) is 2.64. The Labute approximate surface area is 106 Å². The molecule has 1 aromatic carbocycles. The van der Waals surface area contributed by atoms with Crippen LogP contribution in [0.5, 0.6) is 0 Å². The number of benzene rings is 1. The molecule has 0 saturated carbocycles. The van der Waals surface area contributed by atoms with Gasteiger partial charge in [-0.05, 0) is 37.9 Å². The number of hydrogen-bond donors (Lipinski definition) is 2. The van der Waals surface area contributed by atoms with Gasteiger partial charge in [-0.15, -0.1) is 0 Å². The molecule has 0 aromatic heterocycles. The van der Waals surface area contributed by atoms with Crippen molar-refractivity contribution < 1.29 is 9.50 Å². The van der Waals surface area contributed by atoms with Gasteiger partial charge in [-0.25, -0.2) is 4.39 Å². The number of nitrogens with one attached hydrogen (secondary N) is 1. The van der Waals surface area contributed by atoms with Crippen LogP contribution in [0.15, 0.2) is 18.2 Å². The molecule has 1 atom stereocenters. The maximum Gasteiger partial charge on any atom is 0.125 e. The zero-order chi connectivity index (χ0) is 12.8. The molecule has 0 amide bonds. The zero-order valence-electron chi connectivity index (χ0n) is 10.1. The molecule has 2 N–H and O–H groups in total. The maximum atomic E-state index is 13.2. The molecule has 0 aliphatic heterocycles. The first-order valence-electron chi connectivity index (χ1n) is 5.48. The Morgan fingerprint density at radius 2 is 2.12 bits per heavy atom. The number of likely N-dealkylation sites (N-methyl/N-ethyl adjacent to an activating group) is 1. The number of nitrogens with zero attached hydrogens (tertiary/aromatic N) is 1. The van der Waals surface area contributed by atoms with Crippen LogP contribution in [0.4, 0.5) is 4.39 Å². The summed E-state index contributed by atoms with van der Waals surface area (Å²) in [6.07, 6.45) is 0. The van der Waals surface area contributed by atoms with E-state index in [2.05, 4.69) is 5.32 Å². The van der Waals surface area contributed by atoms with Gasteiger partial charge in [0.05, 0.1) is 12.6 Å². The Balaban J connectivity index is 2.65. The first-order valence-corrected chi connectivity index (χ1v) is 5.85. The Kier molecular flexibility index (Phi) is 5.85. The Morgan fingerprint density at radius 1 is 1.41 bits per heavy atom. The predicted molar refractivity (Wildman–Crippen MR) is 67.8 cm³/mol. The maximum absolute atomic E-state index is 13.2. The molecule has 5 heteroatoms. The van der Waals surface area contributed by atoms with Crippen LogP contribution < -0.4 is 5.32 Å². The lowest BCUT2D eigenvalue weighted by molar-refractivity contribution is 0.240. The monoisotopic (exact) mass is 260 g/mol. The Bertz CT molecular complexity index is 340. The van der Waals surface area contributed by atoms with Gasteiger partial charge < -0.3 is 15.3 Å². The van der Waals surface area contributed by atoms with Gasteiger partial charge in [0.15, 0.2) is 0 Å². The summed E-state index contributed by atoms with van der Waals surface area (Å²) in [5.74, 6) is -0.389. The van der Waals surface area contributed by atoms with Gasteiger partial charge in [-0.3, -0.25) is 0 Å². The van der Waals surface area contributed by atoms with E-state index in [-0.39, 0.29) is 18.5 Å². The second-order valence-electron chi connectivity index (χ2n) is 4.20. The van der Waals surface area contributed by atoms with Gasteiger partial charge in [0, 0.05) is 18.1 Å². The second-order valence-corrected chi connectivity index (χ2v) is 4.63. The van der Waals surface area contributed by atoms with Crippen molar-refractivity contribution in [2.24, 2.45) is 0 Å². The van der Waals surface area contributed by atoms with E-state index >= 15 is 0 Å². The number of hydrogen-bond acceptors (Lipinski definition) is 3. The third kappa shape index (κ3) is 5.00. The lowest BCUT2D eigenvalue weighted by Crippen LogP contribution is -2.31. The molecule has 1 rings (SSSR count). The number of halogens is 2. The summed E-state index contributed by atoms with van der Waals surface area (Å²) in [4.78, 5) is 2.03. The van der Waals surface area contributed by atoms with Crippen LogP contribution in [0.3, 0.4) is 0 Å². The third-order valence-electron chi connectivity index (χ3n) is 2.42. The van der Waals surface area contributed by atoms with E-state index in [4.69, 9.17) is 11.6 Å². The van der Waals surface area contributed by atoms with Crippen LogP contribution in [0.25, 0.3) is 0 Å². The van der Waals surface area contributed by atoms with Crippen molar-refractivity contribution in [3.05, 3.63) is 34.6 Å². The van der Waals surface area contributed by atoms with Crippen LogP contribution in [0.1, 0.15) is 11.6 Å². The molecule has 0 spiro atoms. The van der Waals surface area contributed by atoms with Crippen molar-refractivity contribution in [2.45, 2.75) is 6.04 Å². The quantitative estimate of drug-likeness (QED) is 0.817.